The molecular weight excluding hydrogens is 745 g/mol. The zero-order valence-corrected chi connectivity index (χ0v) is 33.6. The summed E-state index contributed by atoms with van der Waals surface area (Å²) >= 11 is 1.68. The lowest BCUT2D eigenvalue weighted by molar-refractivity contribution is -0.679. The van der Waals surface area contributed by atoms with Crippen molar-refractivity contribution in [3.8, 4) is 11.5 Å². The number of rotatable bonds is 9. The smallest absolute Gasteiger partial charge is 0.374 e. The maximum Gasteiger partial charge on any atom is 0.374 e. The number of carbonyl (C=O) groups excluding carboxylic acids is 1. The Hall–Kier alpha value is -4.39. The van der Waals surface area contributed by atoms with Gasteiger partial charge in [-0.3, -0.25) is 4.79 Å². The van der Waals surface area contributed by atoms with E-state index in [0.717, 1.165) is 27.2 Å². The van der Waals surface area contributed by atoms with E-state index in [1.165, 1.54) is 16.8 Å². The Morgan fingerprint density at radius 2 is 1.58 bits per heavy atom. The molecule has 8 heteroatoms. The molecule has 1 aliphatic heterocycles. The summed E-state index contributed by atoms with van der Waals surface area (Å²) in [6.45, 7) is 12.3. The number of thioether (sulfide) groups is 1. The largest absolute Gasteiger partial charge is 1.00 e. The molecule has 4 aromatic carbocycles. The van der Waals surface area contributed by atoms with Gasteiger partial charge in [-0.05, 0) is 47.0 Å². The lowest BCUT2D eigenvalue weighted by Crippen LogP contribution is -3.00. The lowest BCUT2D eigenvalue weighted by Gasteiger charge is -2.30. The number of allylic oxidation sites excluding steroid dienone is 4. The Kier molecular flexibility index (Phi) is 11.0. The number of Topliss-reactive ketones (excluding diaryl/α,β-unsaturated/α-hetero) is 1. The minimum Gasteiger partial charge on any atom is -1.00 e. The number of halogens is 1. The van der Waals surface area contributed by atoms with Crippen molar-refractivity contribution in [3.05, 3.63) is 159 Å². The van der Waals surface area contributed by atoms with E-state index in [4.69, 9.17) is 4.42 Å². The fourth-order valence-electron chi connectivity index (χ4n) is 6.74. The number of aromatic nitrogens is 1. The Morgan fingerprint density at radius 3 is 2.31 bits per heavy atom. The second-order valence-corrected chi connectivity index (χ2v) is 20.4. The van der Waals surface area contributed by atoms with Gasteiger partial charge in [0.05, 0.1) is 6.08 Å². The number of carbonyl (C=O) groups is 1. The summed E-state index contributed by atoms with van der Waals surface area (Å²) in [5.41, 5.74) is 13.0. The molecule has 1 aromatic heterocycles. The SMILES string of the molecule is CC1(C)C(=CC2=C(SCc3ccc(C#C[Si](C)(C)C)cc3)C(=Cc3oc4ccccc4[n+]3CCO)C2=O)N(Cc2ccccc2)c2ccccc21.[Br-]. The molecule has 0 atom stereocenters. The first kappa shape index (κ1) is 37.4. The number of benzene rings is 4. The first-order valence-corrected chi connectivity index (χ1v) is 21.9. The molecule has 1 aliphatic carbocycles. The third-order valence-corrected chi connectivity index (χ3v) is 11.5. The van der Waals surface area contributed by atoms with E-state index in [2.05, 4.69) is 129 Å². The van der Waals surface area contributed by atoms with Gasteiger partial charge in [0, 0.05) is 56.8 Å². The molecule has 0 bridgehead atoms. The highest BCUT2D eigenvalue weighted by Gasteiger charge is 2.42. The van der Waals surface area contributed by atoms with Crippen molar-refractivity contribution in [2.45, 2.75) is 57.7 Å². The van der Waals surface area contributed by atoms with Crippen LogP contribution >= 0.6 is 11.8 Å². The van der Waals surface area contributed by atoms with Crippen molar-refractivity contribution in [2.75, 3.05) is 11.5 Å². The van der Waals surface area contributed by atoms with Crippen LogP contribution in [0.15, 0.2) is 135 Å². The Labute approximate surface area is 322 Å². The summed E-state index contributed by atoms with van der Waals surface area (Å²) in [4.78, 5) is 17.6. The summed E-state index contributed by atoms with van der Waals surface area (Å²) in [6, 6.07) is 35.3. The van der Waals surface area contributed by atoms with Crippen LogP contribution in [0.1, 0.15) is 42.0 Å². The molecule has 5 nitrogen and oxygen atoms in total. The van der Waals surface area contributed by atoms with E-state index in [0.29, 0.717) is 41.5 Å². The molecule has 0 fully saturated rings. The van der Waals surface area contributed by atoms with Crippen LogP contribution in [0.25, 0.3) is 17.2 Å². The molecule has 1 N–H and O–H groups in total. The van der Waals surface area contributed by atoms with Gasteiger partial charge in [-0.2, -0.15) is 4.57 Å². The average molecular weight is 788 g/mol. The minimum atomic E-state index is -1.47. The molecule has 52 heavy (non-hydrogen) atoms. The maximum atomic E-state index is 14.3. The van der Waals surface area contributed by atoms with Gasteiger partial charge in [-0.25, -0.2) is 0 Å². The van der Waals surface area contributed by atoms with Crippen LogP contribution in [0.5, 0.6) is 0 Å². The zero-order chi connectivity index (χ0) is 35.8. The molecule has 0 spiro atoms. The molecule has 7 rings (SSSR count). The number of oxazole rings is 1. The molecule has 0 radical (unpaired) electrons. The highest BCUT2D eigenvalue weighted by atomic mass is 79.9. The van der Waals surface area contributed by atoms with Crippen molar-refractivity contribution < 1.29 is 35.9 Å². The summed E-state index contributed by atoms with van der Waals surface area (Å²) < 4.78 is 8.20. The number of nitrogens with zero attached hydrogens (tertiary/aromatic N) is 2. The predicted molar refractivity (Wildman–Crippen MR) is 212 cm³/mol. The maximum absolute atomic E-state index is 14.3. The average Bonchev–Trinajstić information content (AvgIpc) is 3.57. The quantitative estimate of drug-likeness (QED) is 0.0864. The van der Waals surface area contributed by atoms with Gasteiger partial charge < -0.3 is 31.4 Å². The third kappa shape index (κ3) is 7.55. The zero-order valence-electron chi connectivity index (χ0n) is 30.2. The molecule has 0 amide bonds. The van der Waals surface area contributed by atoms with Gasteiger partial charge in [0.1, 0.15) is 14.7 Å². The van der Waals surface area contributed by atoms with Gasteiger partial charge >= 0.3 is 5.89 Å². The fraction of sp³-hybridized carbons (Fsp3) is 0.227. The number of aliphatic hydroxyl groups excluding tert-OH is 1. The van der Waals surface area contributed by atoms with Gasteiger partial charge in [0.15, 0.2) is 12.3 Å². The van der Waals surface area contributed by atoms with E-state index in [9.17, 15) is 9.90 Å². The second-order valence-electron chi connectivity index (χ2n) is 14.6. The predicted octanol–water partition coefficient (Wildman–Crippen LogP) is 5.98. The molecule has 5 aromatic rings. The van der Waals surface area contributed by atoms with Crippen molar-refractivity contribution in [3.63, 3.8) is 0 Å². The van der Waals surface area contributed by atoms with E-state index in [1.807, 2.05) is 41.0 Å². The van der Waals surface area contributed by atoms with Crippen LogP contribution in [0.2, 0.25) is 19.6 Å². The molecular formula is C44H43BrN2O3SSi. The normalized spacial score (nSPS) is 16.5. The van der Waals surface area contributed by atoms with Crippen LogP contribution < -0.4 is 26.4 Å². The van der Waals surface area contributed by atoms with Gasteiger partial charge in [-0.1, -0.05) is 112 Å². The minimum absolute atomic E-state index is 0. The molecule has 0 unspecified atom stereocenters. The molecule has 0 saturated heterocycles. The lowest BCUT2D eigenvalue weighted by atomic mass is 9.81. The Bertz CT molecular complexity index is 2290. The summed E-state index contributed by atoms with van der Waals surface area (Å²) in [7, 11) is -1.47. The monoisotopic (exact) mass is 786 g/mol. The molecule has 0 saturated carbocycles. The summed E-state index contributed by atoms with van der Waals surface area (Å²) in [6.07, 6.45) is 3.98. The fourth-order valence-corrected chi connectivity index (χ4v) is 8.38. The Morgan fingerprint density at radius 1 is 0.885 bits per heavy atom. The van der Waals surface area contributed by atoms with E-state index in [1.54, 1.807) is 11.8 Å². The van der Waals surface area contributed by atoms with Crippen LogP contribution in [0.4, 0.5) is 5.69 Å². The van der Waals surface area contributed by atoms with E-state index < -0.39 is 8.07 Å². The van der Waals surface area contributed by atoms with Crippen molar-refractivity contribution in [2.24, 2.45) is 0 Å². The summed E-state index contributed by atoms with van der Waals surface area (Å²) in [5, 5.41) is 9.91. The van der Waals surface area contributed by atoms with Gasteiger partial charge in [0.2, 0.25) is 5.58 Å². The van der Waals surface area contributed by atoms with Crippen LogP contribution in [-0.2, 0) is 29.1 Å². The second kappa shape index (κ2) is 15.3. The summed E-state index contributed by atoms with van der Waals surface area (Å²) in [5.74, 6) is 4.58. The topological polar surface area (TPSA) is 57.6 Å². The van der Waals surface area contributed by atoms with Crippen LogP contribution in [0.3, 0.4) is 0 Å². The number of para-hydroxylation sites is 3. The standard InChI is InChI=1S/C44H43N2O3SSi.BrH/c1-44(2)36-15-9-10-16-37(36)46(29-32-13-7-6-8-14-32)40(44)27-34-42(48)35(28-41-45(24-25-47)38-17-11-12-18-39(38)49-41)43(34)50-30-33-21-19-31(20-22-33)23-26-51(3,4)5;/h6-22,27-28,47H,24-25,29-30H2,1-5H3;1H/q+1;/p-1. The first-order valence-electron chi connectivity index (χ1n) is 17.4. The van der Waals surface area contributed by atoms with Crippen LogP contribution in [-0.4, -0.2) is 25.6 Å². The number of ketones is 1. The number of hydrogen-bond acceptors (Lipinski definition) is 5. The van der Waals surface area contributed by atoms with E-state index in [-0.39, 0.29) is 34.8 Å². The molecule has 2 aliphatic rings. The van der Waals surface area contributed by atoms with E-state index >= 15 is 0 Å². The number of aliphatic hydroxyl groups is 1. The van der Waals surface area contributed by atoms with Crippen molar-refractivity contribution in [1.29, 1.82) is 0 Å². The number of fused-ring (bicyclic) bond motifs is 2. The van der Waals surface area contributed by atoms with Gasteiger partial charge in [-0.15, -0.1) is 17.3 Å². The Balaban J connectivity index is 0.00000464. The van der Waals surface area contributed by atoms with Crippen LogP contribution in [0, 0.1) is 11.5 Å². The number of hydrogen-bond donors (Lipinski definition) is 1. The molecule has 264 valence electrons. The third-order valence-electron chi connectivity index (χ3n) is 9.39. The molecule has 2 heterocycles. The highest BCUT2D eigenvalue weighted by Crippen LogP contribution is 2.51. The van der Waals surface area contributed by atoms with Crippen molar-refractivity contribution >= 4 is 48.5 Å². The van der Waals surface area contributed by atoms with Crippen molar-refractivity contribution in [1.82, 2.24) is 0 Å². The highest BCUT2D eigenvalue weighted by molar-refractivity contribution is 8.02. The van der Waals surface area contributed by atoms with Gasteiger partial charge in [0.25, 0.3) is 5.52 Å². The first-order chi connectivity index (χ1) is 24.5. The number of anilines is 1.